The molecule has 4 aromatic rings. The summed E-state index contributed by atoms with van der Waals surface area (Å²) < 4.78 is 10.2. The average Bonchev–Trinajstić information content (AvgIpc) is 3.23. The van der Waals surface area contributed by atoms with Crippen molar-refractivity contribution in [2.75, 3.05) is 7.11 Å². The number of hydrogen-bond donors (Lipinski definition) is 2. The van der Waals surface area contributed by atoms with Gasteiger partial charge in [0.1, 0.15) is 16.9 Å². The number of carbonyl (C=O) groups is 2. The van der Waals surface area contributed by atoms with E-state index in [4.69, 9.17) is 20.4 Å². The summed E-state index contributed by atoms with van der Waals surface area (Å²) in [5.41, 5.74) is 11.2. The highest BCUT2D eigenvalue weighted by Crippen LogP contribution is 2.43. The van der Waals surface area contributed by atoms with Crippen LogP contribution in [-0.4, -0.2) is 61.1 Å². The molecule has 0 radical (unpaired) electrons. The zero-order valence-corrected chi connectivity index (χ0v) is 25.0. The summed E-state index contributed by atoms with van der Waals surface area (Å²) in [5.74, 6) is 2.22. The van der Waals surface area contributed by atoms with Gasteiger partial charge in [0, 0.05) is 48.6 Å². The number of fused-ring (bicyclic) bond motifs is 5. The molecule has 43 heavy (non-hydrogen) atoms. The molecule has 8 rings (SSSR count). The molecule has 1 saturated carbocycles. The number of amides is 2. The van der Waals surface area contributed by atoms with Gasteiger partial charge in [-0.25, -0.2) is 9.97 Å². The van der Waals surface area contributed by atoms with E-state index >= 15 is 0 Å². The molecule has 3 aromatic heterocycles. The Labute approximate surface area is 250 Å². The molecule has 0 spiro atoms. The topological polar surface area (TPSA) is 120 Å². The van der Waals surface area contributed by atoms with Gasteiger partial charge in [-0.1, -0.05) is 6.42 Å². The number of carbonyl (C=O) groups excluding carboxylic acids is 2. The number of ether oxygens (including phenoxy) is 1. The molecular formula is C33H39N7O3. The summed E-state index contributed by atoms with van der Waals surface area (Å²) in [6.07, 6.45) is 6.98. The highest BCUT2D eigenvalue weighted by Gasteiger charge is 2.47. The van der Waals surface area contributed by atoms with E-state index in [0.29, 0.717) is 17.2 Å². The van der Waals surface area contributed by atoms with E-state index in [2.05, 4.69) is 26.6 Å². The molecule has 2 saturated heterocycles. The van der Waals surface area contributed by atoms with Crippen molar-refractivity contribution in [3.63, 3.8) is 0 Å². The maximum Gasteiger partial charge on any atom is 0.254 e. The van der Waals surface area contributed by atoms with Crippen molar-refractivity contribution in [1.82, 2.24) is 29.3 Å². The molecule has 2 amide bonds. The summed E-state index contributed by atoms with van der Waals surface area (Å²) in [5, 5.41) is 4.23. The van der Waals surface area contributed by atoms with Crippen molar-refractivity contribution in [2.24, 2.45) is 24.6 Å². The molecule has 10 nitrogen and oxygen atoms in total. The Kier molecular flexibility index (Phi) is 6.08. The molecule has 4 aliphatic rings. The number of aryl methyl sites for hydroxylation is 2. The molecule has 3 fully saturated rings. The summed E-state index contributed by atoms with van der Waals surface area (Å²) in [7, 11) is 3.65. The molecule has 3 aliphatic heterocycles. The molecule has 10 heteroatoms. The first-order chi connectivity index (χ1) is 20.8. The van der Waals surface area contributed by atoms with E-state index in [0.717, 1.165) is 90.8 Å². The van der Waals surface area contributed by atoms with Crippen molar-refractivity contribution >= 4 is 33.9 Å². The van der Waals surface area contributed by atoms with Crippen molar-refractivity contribution < 1.29 is 14.3 Å². The van der Waals surface area contributed by atoms with Gasteiger partial charge in [-0.15, -0.1) is 0 Å². The minimum absolute atomic E-state index is 0.00941. The maximum absolute atomic E-state index is 13.8. The zero-order valence-electron chi connectivity index (χ0n) is 25.0. The van der Waals surface area contributed by atoms with Crippen LogP contribution in [0.4, 0.5) is 0 Å². The number of benzene rings is 1. The Morgan fingerprint density at radius 1 is 1.09 bits per heavy atom. The second kappa shape index (κ2) is 9.80. The molecule has 6 atom stereocenters. The number of aromatic nitrogens is 4. The number of nitrogens with one attached hydrogen (secondary N) is 1. The van der Waals surface area contributed by atoms with Crippen LogP contribution in [0, 0.1) is 11.8 Å². The molecule has 6 heterocycles. The molecule has 3 N–H and O–H groups in total. The third-order valence-corrected chi connectivity index (χ3v) is 10.5. The van der Waals surface area contributed by atoms with Gasteiger partial charge in [0.05, 0.1) is 30.1 Å². The predicted octanol–water partition coefficient (Wildman–Crippen LogP) is 4.30. The molecule has 0 unspecified atom stereocenters. The fraction of sp³-hybridized carbons (Fsp3) is 0.515. The predicted molar refractivity (Wildman–Crippen MR) is 164 cm³/mol. The van der Waals surface area contributed by atoms with Gasteiger partial charge in [0.2, 0.25) is 5.91 Å². The van der Waals surface area contributed by atoms with E-state index in [-0.39, 0.29) is 41.9 Å². The van der Waals surface area contributed by atoms with Gasteiger partial charge < -0.3 is 29.8 Å². The highest BCUT2D eigenvalue weighted by atomic mass is 16.5. The van der Waals surface area contributed by atoms with Crippen LogP contribution in [0.3, 0.4) is 0 Å². The van der Waals surface area contributed by atoms with Crippen LogP contribution in [0.5, 0.6) is 5.75 Å². The summed E-state index contributed by atoms with van der Waals surface area (Å²) in [6.45, 7) is 2.82. The fourth-order valence-corrected chi connectivity index (χ4v) is 8.07. The Bertz CT molecular complexity index is 1790. The van der Waals surface area contributed by atoms with Crippen LogP contribution in [0.15, 0.2) is 30.3 Å². The Morgan fingerprint density at radius 3 is 2.72 bits per heavy atom. The van der Waals surface area contributed by atoms with Gasteiger partial charge in [-0.05, 0) is 81.7 Å². The lowest BCUT2D eigenvalue weighted by Gasteiger charge is -2.23. The first kappa shape index (κ1) is 26.7. The van der Waals surface area contributed by atoms with Crippen LogP contribution in [-0.2, 0) is 18.4 Å². The van der Waals surface area contributed by atoms with E-state index in [1.54, 1.807) is 7.11 Å². The second-order valence-corrected chi connectivity index (χ2v) is 13.1. The van der Waals surface area contributed by atoms with E-state index < -0.39 is 0 Å². The van der Waals surface area contributed by atoms with Crippen LogP contribution in [0.25, 0.3) is 33.6 Å². The molecule has 1 aliphatic carbocycles. The average molecular weight is 582 g/mol. The van der Waals surface area contributed by atoms with Crippen LogP contribution in [0.2, 0.25) is 0 Å². The first-order valence-corrected chi connectivity index (χ1v) is 15.8. The van der Waals surface area contributed by atoms with Crippen LogP contribution >= 0.6 is 0 Å². The largest absolute Gasteiger partial charge is 0.494 e. The number of nitrogens with zero attached hydrogens (tertiary/aromatic N) is 5. The maximum atomic E-state index is 13.8. The van der Waals surface area contributed by atoms with Crippen molar-refractivity contribution in [3.8, 4) is 17.3 Å². The van der Waals surface area contributed by atoms with Crippen LogP contribution < -0.4 is 15.8 Å². The lowest BCUT2D eigenvalue weighted by Crippen LogP contribution is -2.40. The number of methoxy groups -OCH3 is 1. The van der Waals surface area contributed by atoms with E-state index in [1.807, 2.05) is 37.1 Å². The number of imidazole rings is 1. The minimum Gasteiger partial charge on any atom is -0.494 e. The summed E-state index contributed by atoms with van der Waals surface area (Å²) >= 11 is 0. The first-order valence-electron chi connectivity index (χ1n) is 15.8. The van der Waals surface area contributed by atoms with Crippen LogP contribution in [0.1, 0.15) is 74.0 Å². The minimum atomic E-state index is -0.165. The summed E-state index contributed by atoms with van der Waals surface area (Å²) in [6, 6.07) is 10.2. The number of rotatable bonds is 3. The second-order valence-electron chi connectivity index (χ2n) is 13.1. The number of nitrogens with two attached hydrogens (primary N) is 1. The SMILES string of the molecule is COc1cc(C(=O)N2[C@H]3CC[C@@H]2[C@H](N)C3)cc2nc(-c3cc4ccc5nc4n3CCCC[C@H]3C[C@@H]3C(=O)N[C@@H]5C)n(C)c12. The molecule has 1 aromatic carbocycles. The van der Waals surface area contributed by atoms with E-state index in [1.165, 1.54) is 0 Å². The monoisotopic (exact) mass is 581 g/mol. The fourth-order valence-electron chi connectivity index (χ4n) is 8.07. The van der Waals surface area contributed by atoms with Gasteiger partial charge >= 0.3 is 0 Å². The van der Waals surface area contributed by atoms with Gasteiger partial charge in [-0.3, -0.25) is 9.59 Å². The lowest BCUT2D eigenvalue weighted by atomic mass is 9.97. The van der Waals surface area contributed by atoms with E-state index in [9.17, 15) is 9.59 Å². The smallest absolute Gasteiger partial charge is 0.254 e. The Hall–Kier alpha value is -3.92. The standard InChI is InChI=1S/C33H39N7O3/c1-17-24-9-7-19-14-27(39(30(19)36-24)11-5-4-6-18-12-22(18)32(41)35-17)31-37-25-13-20(15-28(43-3)29(25)38(31)2)33(42)40-21-8-10-26(40)23(34)16-21/h7,9,13-15,17-18,21-23,26H,4-6,8,10-12,16,34H2,1-3H3,(H,35,41)/t17-,18+,21+,22+,23-,26-/m1/s1. The third kappa shape index (κ3) is 4.17. The Balaban J connectivity index is 1.22. The van der Waals surface area contributed by atoms with Gasteiger partial charge in [-0.2, -0.15) is 0 Å². The van der Waals surface area contributed by atoms with Gasteiger partial charge in [0.25, 0.3) is 5.91 Å². The Morgan fingerprint density at radius 2 is 1.95 bits per heavy atom. The zero-order chi connectivity index (χ0) is 29.6. The normalized spacial score (nSPS) is 28.5. The molecule has 224 valence electrons. The number of pyridine rings is 1. The summed E-state index contributed by atoms with van der Waals surface area (Å²) in [4.78, 5) is 38.8. The number of hydrogen-bond acceptors (Lipinski definition) is 6. The van der Waals surface area contributed by atoms with Crippen molar-refractivity contribution in [3.05, 3.63) is 41.6 Å². The molecule has 4 bridgehead atoms. The van der Waals surface area contributed by atoms with Gasteiger partial charge in [0.15, 0.2) is 5.82 Å². The molecular weight excluding hydrogens is 542 g/mol. The van der Waals surface area contributed by atoms with Crippen molar-refractivity contribution in [1.29, 1.82) is 0 Å². The van der Waals surface area contributed by atoms with Crippen molar-refractivity contribution in [2.45, 2.75) is 82.6 Å². The highest BCUT2D eigenvalue weighted by molar-refractivity contribution is 6.00. The lowest BCUT2D eigenvalue weighted by molar-refractivity contribution is -0.123. The third-order valence-electron chi connectivity index (χ3n) is 10.5. The quantitative estimate of drug-likeness (QED) is 0.372.